The van der Waals surface area contributed by atoms with Crippen LogP contribution in [0, 0.1) is 0 Å². The Labute approximate surface area is 254 Å². The van der Waals surface area contributed by atoms with Crippen molar-refractivity contribution in [2.75, 3.05) is 39.3 Å². The quantitative estimate of drug-likeness (QED) is 0.265. The summed E-state index contributed by atoms with van der Waals surface area (Å²) in [5, 5.41) is 0. The van der Waals surface area contributed by atoms with E-state index in [2.05, 4.69) is 58.6 Å². The lowest BCUT2D eigenvalue weighted by molar-refractivity contribution is -0.137. The van der Waals surface area contributed by atoms with Gasteiger partial charge >= 0.3 is 6.18 Å². The topological polar surface area (TPSA) is 24.9 Å². The van der Waals surface area contributed by atoms with Gasteiger partial charge in [0.25, 0.3) is 0 Å². The number of ether oxygens (including phenoxy) is 2. The number of rotatable bonds is 9. The molecular formula is C34H49F5N2O2. The number of hydrogen-bond acceptors (Lipinski definition) is 4. The van der Waals surface area contributed by atoms with Gasteiger partial charge in [-0.05, 0) is 59.1 Å². The Bertz CT molecular complexity index is 1090. The molecule has 2 fully saturated rings. The van der Waals surface area contributed by atoms with E-state index in [1.807, 2.05) is 41.3 Å². The van der Waals surface area contributed by atoms with E-state index in [9.17, 15) is 22.0 Å². The summed E-state index contributed by atoms with van der Waals surface area (Å²) in [7, 11) is 0. The van der Waals surface area contributed by atoms with Crippen LogP contribution in [-0.4, -0.2) is 73.9 Å². The van der Waals surface area contributed by atoms with Crippen molar-refractivity contribution in [2.24, 2.45) is 0 Å². The van der Waals surface area contributed by atoms with E-state index in [4.69, 9.17) is 9.47 Å². The first-order chi connectivity index (χ1) is 20.0. The molecule has 0 spiro atoms. The molecule has 4 rings (SSSR count). The molecule has 2 aromatic rings. The molecule has 2 aliphatic rings. The third-order valence-electron chi connectivity index (χ3n) is 7.88. The second kappa shape index (κ2) is 15.1. The number of nitrogens with zero attached hydrogens (tertiary/aromatic N) is 2. The van der Waals surface area contributed by atoms with Crippen LogP contribution in [0.2, 0.25) is 0 Å². The maximum atomic E-state index is 12.2. The average Bonchev–Trinajstić information content (AvgIpc) is 3.55. The highest BCUT2D eigenvalue weighted by Gasteiger charge is 2.31. The summed E-state index contributed by atoms with van der Waals surface area (Å²) in [6.07, 6.45) is -5.32. The minimum absolute atomic E-state index is 0.0197. The molecule has 1 unspecified atom stereocenters. The summed E-state index contributed by atoms with van der Waals surface area (Å²) in [5.74, 6) is 1.65. The molecule has 0 aromatic heterocycles. The van der Waals surface area contributed by atoms with Crippen molar-refractivity contribution >= 4 is 0 Å². The third-order valence-corrected chi connectivity index (χ3v) is 7.88. The maximum Gasteiger partial charge on any atom is 0.390 e. The minimum Gasteiger partial charge on any atom is -0.489 e. The summed E-state index contributed by atoms with van der Waals surface area (Å²) in [5.41, 5.74) is 2.75. The molecule has 2 saturated heterocycles. The molecule has 0 bridgehead atoms. The van der Waals surface area contributed by atoms with Gasteiger partial charge in [0.2, 0.25) is 6.43 Å². The molecule has 242 valence electrons. The lowest BCUT2D eigenvalue weighted by Crippen LogP contribution is -2.28. The van der Waals surface area contributed by atoms with Crippen LogP contribution in [0.15, 0.2) is 48.5 Å². The van der Waals surface area contributed by atoms with E-state index in [0.717, 1.165) is 37.4 Å². The molecule has 2 atom stereocenters. The van der Waals surface area contributed by atoms with E-state index in [0.29, 0.717) is 19.6 Å². The van der Waals surface area contributed by atoms with Crippen molar-refractivity contribution < 1.29 is 31.4 Å². The number of alkyl halides is 5. The van der Waals surface area contributed by atoms with Crippen LogP contribution in [-0.2, 0) is 10.8 Å². The number of halogens is 5. The fraction of sp³-hybridized carbons (Fsp3) is 0.647. The summed E-state index contributed by atoms with van der Waals surface area (Å²) in [6, 6.07) is 16.2. The molecular weight excluding hydrogens is 563 g/mol. The highest BCUT2D eigenvalue weighted by atomic mass is 19.4. The predicted molar refractivity (Wildman–Crippen MR) is 163 cm³/mol. The molecule has 0 amide bonds. The van der Waals surface area contributed by atoms with Crippen LogP contribution in [0.4, 0.5) is 22.0 Å². The fourth-order valence-electron chi connectivity index (χ4n) is 5.21. The van der Waals surface area contributed by atoms with Gasteiger partial charge in [-0.2, -0.15) is 13.2 Å². The van der Waals surface area contributed by atoms with Gasteiger partial charge in [0.1, 0.15) is 23.7 Å². The maximum absolute atomic E-state index is 12.2. The first-order valence-corrected chi connectivity index (χ1v) is 15.3. The zero-order valence-electron chi connectivity index (χ0n) is 26.5. The van der Waals surface area contributed by atoms with E-state index < -0.39 is 19.0 Å². The van der Waals surface area contributed by atoms with Crippen LogP contribution in [0.3, 0.4) is 0 Å². The van der Waals surface area contributed by atoms with Gasteiger partial charge < -0.3 is 9.47 Å². The Kier molecular flexibility index (Phi) is 12.3. The summed E-state index contributed by atoms with van der Waals surface area (Å²) < 4.78 is 72.9. The summed E-state index contributed by atoms with van der Waals surface area (Å²) in [6.45, 7) is 16.3. The molecule has 2 aliphatic heterocycles. The molecule has 4 nitrogen and oxygen atoms in total. The highest BCUT2D eigenvalue weighted by molar-refractivity contribution is 5.32. The predicted octanol–water partition coefficient (Wildman–Crippen LogP) is 8.48. The van der Waals surface area contributed by atoms with Gasteiger partial charge in [-0.3, -0.25) is 9.80 Å². The standard InChI is InChI=1S/C17H24F3NO.C17H25F2NO/c1-16(2,3)13-4-6-14(7-5-13)22-15-8-10-21(12-15)11-9-17(18,19)20;1-17(2,3)13-4-6-14(7-5-13)21-15-8-10-20(12-15)11-9-16(18)19/h4-7,15H,8-12H2,1-3H3;4-7,15-16H,8-12H2,1-3H3/t;15-/m.1/s1. The molecule has 43 heavy (non-hydrogen) atoms. The Morgan fingerprint density at radius 3 is 1.42 bits per heavy atom. The number of benzene rings is 2. The van der Waals surface area contributed by atoms with Crippen molar-refractivity contribution in [3.63, 3.8) is 0 Å². The second-order valence-corrected chi connectivity index (χ2v) is 13.8. The number of likely N-dealkylation sites (tertiary alicyclic amines) is 2. The molecule has 0 radical (unpaired) electrons. The van der Waals surface area contributed by atoms with E-state index in [1.165, 1.54) is 11.1 Å². The van der Waals surface area contributed by atoms with Crippen molar-refractivity contribution in [2.45, 2.75) is 103 Å². The Balaban J connectivity index is 0.000000236. The molecule has 0 aliphatic carbocycles. The minimum atomic E-state index is -4.08. The number of hydrogen-bond donors (Lipinski definition) is 0. The van der Waals surface area contributed by atoms with Crippen LogP contribution in [0.25, 0.3) is 0 Å². The van der Waals surface area contributed by atoms with Gasteiger partial charge in [0.05, 0.1) is 6.42 Å². The lowest BCUT2D eigenvalue weighted by Gasteiger charge is -2.20. The van der Waals surface area contributed by atoms with Gasteiger partial charge in [-0.1, -0.05) is 65.8 Å². The van der Waals surface area contributed by atoms with Crippen LogP contribution >= 0.6 is 0 Å². The van der Waals surface area contributed by atoms with Gasteiger partial charge in [-0.15, -0.1) is 0 Å². The van der Waals surface area contributed by atoms with Crippen LogP contribution < -0.4 is 9.47 Å². The van der Waals surface area contributed by atoms with Crippen LogP contribution in [0.1, 0.15) is 78.4 Å². The smallest absolute Gasteiger partial charge is 0.390 e. The largest absolute Gasteiger partial charge is 0.489 e. The van der Waals surface area contributed by atoms with Crippen molar-refractivity contribution in [1.29, 1.82) is 0 Å². The van der Waals surface area contributed by atoms with Crippen molar-refractivity contribution in [3.8, 4) is 11.5 Å². The monoisotopic (exact) mass is 612 g/mol. The molecule has 0 saturated carbocycles. The van der Waals surface area contributed by atoms with E-state index in [1.54, 1.807) is 0 Å². The molecule has 9 heteroatoms. The highest BCUT2D eigenvalue weighted by Crippen LogP contribution is 2.28. The lowest BCUT2D eigenvalue weighted by atomic mass is 9.87. The van der Waals surface area contributed by atoms with Crippen molar-refractivity contribution in [3.05, 3.63) is 59.7 Å². The SMILES string of the molecule is CC(C)(C)c1ccc(OC2CCN(CCC(F)(F)F)C2)cc1.CC(C)(C)c1ccc(O[C@@H]2CCN(CCC(F)F)C2)cc1. The fourth-order valence-corrected chi connectivity index (χ4v) is 5.21. The van der Waals surface area contributed by atoms with Gasteiger partial charge in [0, 0.05) is 45.7 Å². The normalized spacial score (nSPS) is 20.3. The Morgan fingerprint density at radius 2 is 1.07 bits per heavy atom. The molecule has 2 aromatic carbocycles. The van der Waals surface area contributed by atoms with Gasteiger partial charge in [-0.25, -0.2) is 8.78 Å². The molecule has 0 N–H and O–H groups in total. The second-order valence-electron chi connectivity index (χ2n) is 13.8. The zero-order chi connectivity index (χ0) is 31.8. The van der Waals surface area contributed by atoms with Crippen molar-refractivity contribution in [1.82, 2.24) is 9.80 Å². The first-order valence-electron chi connectivity index (χ1n) is 15.3. The third kappa shape index (κ3) is 12.6. The van der Waals surface area contributed by atoms with Gasteiger partial charge in [0.15, 0.2) is 0 Å². The Morgan fingerprint density at radius 1 is 0.674 bits per heavy atom. The average molecular weight is 613 g/mol. The summed E-state index contributed by atoms with van der Waals surface area (Å²) in [4.78, 5) is 3.88. The van der Waals surface area contributed by atoms with Crippen LogP contribution in [0.5, 0.6) is 11.5 Å². The molecule has 2 heterocycles. The van der Waals surface area contributed by atoms with E-state index >= 15 is 0 Å². The summed E-state index contributed by atoms with van der Waals surface area (Å²) >= 11 is 0. The van der Waals surface area contributed by atoms with E-state index in [-0.39, 0.29) is 36.0 Å². The zero-order valence-corrected chi connectivity index (χ0v) is 26.5. The first kappa shape index (κ1) is 35.1. The Hall–Kier alpha value is -2.39.